The first-order valence-corrected chi connectivity index (χ1v) is 6.48. The summed E-state index contributed by atoms with van der Waals surface area (Å²) in [6, 6.07) is 12.5. The summed E-state index contributed by atoms with van der Waals surface area (Å²) < 4.78 is 43.2. The Morgan fingerprint density at radius 1 is 1.05 bits per heavy atom. The Hall–Kier alpha value is -2.17. The van der Waals surface area contributed by atoms with E-state index in [-0.39, 0.29) is 6.04 Å². The van der Waals surface area contributed by atoms with Gasteiger partial charge in [0, 0.05) is 11.7 Å². The number of benzene rings is 2. The quantitative estimate of drug-likeness (QED) is 0.867. The van der Waals surface area contributed by atoms with E-state index in [9.17, 15) is 13.2 Å². The molecule has 2 nitrogen and oxygen atoms in total. The van der Waals surface area contributed by atoms with Crippen molar-refractivity contribution < 1.29 is 17.9 Å². The molecule has 0 aliphatic carbocycles. The molecule has 21 heavy (non-hydrogen) atoms. The van der Waals surface area contributed by atoms with Crippen LogP contribution in [0.15, 0.2) is 48.5 Å². The third-order valence-electron chi connectivity index (χ3n) is 3.17. The average molecular weight is 295 g/mol. The van der Waals surface area contributed by atoms with E-state index in [0.717, 1.165) is 17.7 Å². The van der Waals surface area contributed by atoms with Crippen molar-refractivity contribution in [3.8, 4) is 5.75 Å². The zero-order valence-electron chi connectivity index (χ0n) is 11.7. The molecule has 2 aromatic carbocycles. The van der Waals surface area contributed by atoms with Crippen LogP contribution in [-0.2, 0) is 6.18 Å². The molecule has 0 aliphatic heterocycles. The SMILES string of the molecule is COc1cccc(C(C)Nc2cccc(C(F)(F)F)c2)c1. The molecule has 0 bridgehead atoms. The van der Waals surface area contributed by atoms with Crippen molar-refractivity contribution in [2.24, 2.45) is 0 Å². The topological polar surface area (TPSA) is 21.3 Å². The van der Waals surface area contributed by atoms with E-state index < -0.39 is 11.7 Å². The fourth-order valence-corrected chi connectivity index (χ4v) is 2.03. The Morgan fingerprint density at radius 3 is 2.43 bits per heavy atom. The molecule has 1 unspecified atom stereocenters. The minimum atomic E-state index is -4.34. The van der Waals surface area contributed by atoms with Gasteiger partial charge < -0.3 is 10.1 Å². The van der Waals surface area contributed by atoms with Crippen molar-refractivity contribution in [3.63, 3.8) is 0 Å². The molecule has 1 atom stereocenters. The van der Waals surface area contributed by atoms with Crippen molar-refractivity contribution in [2.45, 2.75) is 19.1 Å². The summed E-state index contributed by atoms with van der Waals surface area (Å²) in [5.41, 5.74) is 0.706. The van der Waals surface area contributed by atoms with Gasteiger partial charge in [-0.1, -0.05) is 18.2 Å². The normalized spacial score (nSPS) is 12.8. The average Bonchev–Trinajstić information content (AvgIpc) is 2.46. The van der Waals surface area contributed by atoms with Gasteiger partial charge in [0.1, 0.15) is 5.75 Å². The van der Waals surface area contributed by atoms with Crippen LogP contribution in [0, 0.1) is 0 Å². The summed E-state index contributed by atoms with van der Waals surface area (Å²) in [7, 11) is 1.57. The standard InChI is InChI=1S/C16H16F3NO/c1-11(12-5-3-8-15(9-12)21-2)20-14-7-4-6-13(10-14)16(17,18)19/h3-11,20H,1-2H3. The molecule has 1 N–H and O–H groups in total. The lowest BCUT2D eigenvalue weighted by molar-refractivity contribution is -0.137. The van der Waals surface area contributed by atoms with E-state index in [1.54, 1.807) is 13.2 Å². The molecule has 2 aromatic rings. The van der Waals surface area contributed by atoms with Crippen LogP contribution in [0.5, 0.6) is 5.75 Å². The second-order valence-corrected chi connectivity index (χ2v) is 4.72. The van der Waals surface area contributed by atoms with Crippen LogP contribution < -0.4 is 10.1 Å². The van der Waals surface area contributed by atoms with Crippen molar-refractivity contribution in [1.82, 2.24) is 0 Å². The highest BCUT2D eigenvalue weighted by atomic mass is 19.4. The first-order chi connectivity index (χ1) is 9.90. The lowest BCUT2D eigenvalue weighted by atomic mass is 10.1. The minimum absolute atomic E-state index is 0.136. The third-order valence-corrected chi connectivity index (χ3v) is 3.17. The molecule has 0 aromatic heterocycles. The summed E-state index contributed by atoms with van der Waals surface area (Å²) in [5, 5.41) is 3.07. The Morgan fingerprint density at radius 2 is 1.76 bits per heavy atom. The molecule has 5 heteroatoms. The van der Waals surface area contributed by atoms with Crippen LogP contribution >= 0.6 is 0 Å². The second kappa shape index (κ2) is 6.08. The lowest BCUT2D eigenvalue weighted by Gasteiger charge is -2.17. The van der Waals surface area contributed by atoms with E-state index in [1.807, 2.05) is 31.2 Å². The van der Waals surface area contributed by atoms with Crippen molar-refractivity contribution in [1.29, 1.82) is 0 Å². The number of methoxy groups -OCH3 is 1. The molecule has 0 saturated heterocycles. The number of anilines is 1. The van der Waals surface area contributed by atoms with E-state index in [4.69, 9.17) is 4.74 Å². The predicted octanol–water partition coefficient (Wildman–Crippen LogP) is 4.89. The zero-order chi connectivity index (χ0) is 15.5. The number of ether oxygens (including phenoxy) is 1. The van der Waals surface area contributed by atoms with Crippen LogP contribution in [-0.4, -0.2) is 7.11 Å². The first-order valence-electron chi connectivity index (χ1n) is 6.48. The Labute approximate surface area is 121 Å². The maximum absolute atomic E-state index is 12.7. The summed E-state index contributed by atoms with van der Waals surface area (Å²) in [4.78, 5) is 0. The molecule has 112 valence electrons. The van der Waals surface area contributed by atoms with Gasteiger partial charge in [0.25, 0.3) is 0 Å². The Balaban J connectivity index is 2.17. The molecular formula is C16H16F3NO. The molecule has 0 aliphatic rings. The molecule has 2 rings (SSSR count). The largest absolute Gasteiger partial charge is 0.497 e. The Kier molecular flexibility index (Phi) is 4.40. The lowest BCUT2D eigenvalue weighted by Crippen LogP contribution is -2.09. The smallest absolute Gasteiger partial charge is 0.416 e. The van der Waals surface area contributed by atoms with E-state index >= 15 is 0 Å². The van der Waals surface area contributed by atoms with Crippen LogP contribution in [0.25, 0.3) is 0 Å². The van der Waals surface area contributed by atoms with Crippen molar-refractivity contribution in [3.05, 3.63) is 59.7 Å². The van der Waals surface area contributed by atoms with E-state index in [2.05, 4.69) is 5.32 Å². The van der Waals surface area contributed by atoms with Gasteiger partial charge >= 0.3 is 6.18 Å². The van der Waals surface area contributed by atoms with Gasteiger partial charge in [0.2, 0.25) is 0 Å². The molecule has 0 radical (unpaired) electrons. The monoisotopic (exact) mass is 295 g/mol. The highest BCUT2D eigenvalue weighted by molar-refractivity contribution is 5.48. The molecule has 0 fully saturated rings. The summed E-state index contributed by atoms with van der Waals surface area (Å²) in [6.45, 7) is 1.88. The van der Waals surface area contributed by atoms with Crippen LogP contribution in [0.2, 0.25) is 0 Å². The minimum Gasteiger partial charge on any atom is -0.497 e. The van der Waals surface area contributed by atoms with Crippen molar-refractivity contribution in [2.75, 3.05) is 12.4 Å². The summed E-state index contributed by atoms with van der Waals surface area (Å²) in [5.74, 6) is 0.713. The van der Waals surface area contributed by atoms with Gasteiger partial charge in [-0.25, -0.2) is 0 Å². The maximum Gasteiger partial charge on any atom is 0.416 e. The number of nitrogens with one attached hydrogen (secondary N) is 1. The fraction of sp³-hybridized carbons (Fsp3) is 0.250. The number of hydrogen-bond donors (Lipinski definition) is 1. The van der Waals surface area contributed by atoms with Crippen LogP contribution in [0.1, 0.15) is 24.1 Å². The molecular weight excluding hydrogens is 279 g/mol. The van der Waals surface area contributed by atoms with Crippen molar-refractivity contribution >= 4 is 5.69 Å². The number of rotatable bonds is 4. The first kappa shape index (κ1) is 15.2. The Bertz CT molecular complexity index is 610. The van der Waals surface area contributed by atoms with Crippen LogP contribution in [0.3, 0.4) is 0 Å². The molecule has 0 saturated carbocycles. The van der Waals surface area contributed by atoms with E-state index in [1.165, 1.54) is 6.07 Å². The number of halogens is 3. The summed E-state index contributed by atoms with van der Waals surface area (Å²) >= 11 is 0. The van der Waals surface area contributed by atoms with Crippen LogP contribution in [0.4, 0.5) is 18.9 Å². The van der Waals surface area contributed by atoms with Gasteiger partial charge in [0.15, 0.2) is 0 Å². The van der Waals surface area contributed by atoms with Gasteiger partial charge in [-0.3, -0.25) is 0 Å². The fourth-order valence-electron chi connectivity index (χ4n) is 2.03. The van der Waals surface area contributed by atoms with Gasteiger partial charge in [-0.05, 0) is 42.8 Å². The molecule has 0 spiro atoms. The predicted molar refractivity (Wildman–Crippen MR) is 76.5 cm³/mol. The number of alkyl halides is 3. The molecule has 0 amide bonds. The summed E-state index contributed by atoms with van der Waals surface area (Å²) in [6.07, 6.45) is -4.34. The highest BCUT2D eigenvalue weighted by Crippen LogP contribution is 2.31. The van der Waals surface area contributed by atoms with E-state index in [0.29, 0.717) is 11.4 Å². The molecule has 0 heterocycles. The van der Waals surface area contributed by atoms with Gasteiger partial charge in [-0.15, -0.1) is 0 Å². The number of hydrogen-bond acceptors (Lipinski definition) is 2. The highest BCUT2D eigenvalue weighted by Gasteiger charge is 2.30. The second-order valence-electron chi connectivity index (χ2n) is 4.72. The van der Waals surface area contributed by atoms with Gasteiger partial charge in [-0.2, -0.15) is 13.2 Å². The maximum atomic E-state index is 12.7. The zero-order valence-corrected chi connectivity index (χ0v) is 11.7. The third kappa shape index (κ3) is 3.90. The van der Waals surface area contributed by atoms with Gasteiger partial charge in [0.05, 0.1) is 12.7 Å².